The first-order chi connectivity index (χ1) is 7.93. The van der Waals surface area contributed by atoms with Crippen molar-refractivity contribution in [2.75, 3.05) is 6.61 Å². The molecule has 1 saturated heterocycles. The quantitative estimate of drug-likeness (QED) is 0.763. The summed E-state index contributed by atoms with van der Waals surface area (Å²) in [7, 11) is 0. The third kappa shape index (κ3) is 3.45. The van der Waals surface area contributed by atoms with Crippen molar-refractivity contribution in [3.8, 4) is 0 Å². The van der Waals surface area contributed by atoms with E-state index in [0.717, 1.165) is 25.9 Å². The lowest BCUT2D eigenvalue weighted by molar-refractivity contribution is 0.0201. The van der Waals surface area contributed by atoms with Gasteiger partial charge in [0.05, 0.1) is 18.3 Å². The second-order valence-corrected chi connectivity index (χ2v) is 7.23. The van der Waals surface area contributed by atoms with Gasteiger partial charge in [0.25, 0.3) is 0 Å². The first kappa shape index (κ1) is 13.4. The largest absolute Gasteiger partial charge is 0.393 e. The minimum Gasteiger partial charge on any atom is -0.393 e. The Morgan fingerprint density at radius 2 is 2.06 bits per heavy atom. The van der Waals surface area contributed by atoms with Crippen molar-refractivity contribution in [2.24, 2.45) is 11.3 Å². The molecule has 1 heterocycles. The molecule has 0 radical (unpaired) electrons. The van der Waals surface area contributed by atoms with E-state index >= 15 is 0 Å². The Balaban J connectivity index is 1.77. The van der Waals surface area contributed by atoms with Crippen LogP contribution in [0.1, 0.15) is 65.7 Å². The number of aliphatic hydroxyl groups is 1. The van der Waals surface area contributed by atoms with Gasteiger partial charge in [-0.1, -0.05) is 40.0 Å². The molecule has 3 atom stereocenters. The van der Waals surface area contributed by atoms with E-state index in [1.165, 1.54) is 25.7 Å². The molecule has 1 aliphatic heterocycles. The molecule has 2 rings (SSSR count). The number of hydrogen-bond donors (Lipinski definition) is 1. The fourth-order valence-corrected chi connectivity index (χ4v) is 3.27. The predicted molar refractivity (Wildman–Crippen MR) is 70.0 cm³/mol. The van der Waals surface area contributed by atoms with Crippen molar-refractivity contribution < 1.29 is 9.84 Å². The van der Waals surface area contributed by atoms with E-state index in [4.69, 9.17) is 4.74 Å². The molecule has 1 spiro atoms. The lowest BCUT2D eigenvalue weighted by Crippen LogP contribution is -2.37. The molecule has 1 unspecified atom stereocenters. The molecule has 2 heteroatoms. The highest BCUT2D eigenvalue weighted by Gasteiger charge is 2.54. The Bertz CT molecular complexity index is 250. The molecule has 0 aromatic rings. The number of aliphatic hydroxyl groups excluding tert-OH is 1. The van der Waals surface area contributed by atoms with Crippen LogP contribution in [0.5, 0.6) is 0 Å². The molecule has 1 aliphatic carbocycles. The van der Waals surface area contributed by atoms with Crippen LogP contribution >= 0.6 is 0 Å². The van der Waals surface area contributed by atoms with Gasteiger partial charge in [-0.15, -0.1) is 0 Å². The monoisotopic (exact) mass is 240 g/mol. The average Bonchev–Trinajstić information content (AvgIpc) is 2.97. The van der Waals surface area contributed by atoms with Crippen molar-refractivity contribution in [1.82, 2.24) is 0 Å². The first-order valence-corrected chi connectivity index (χ1v) is 7.25. The van der Waals surface area contributed by atoms with Crippen LogP contribution in [0.2, 0.25) is 0 Å². The van der Waals surface area contributed by atoms with Crippen LogP contribution < -0.4 is 0 Å². The number of rotatable bonds is 4. The van der Waals surface area contributed by atoms with Crippen LogP contribution in [-0.2, 0) is 4.74 Å². The standard InChI is InChI=1S/C15H28O2/c1-14(2,3)9-6-8-13(16)12-7-4-5-10-15(12)11-17-15/h12-13,16H,4-11H2,1-3H3/t12?,13-,15-/m0/s1. The summed E-state index contributed by atoms with van der Waals surface area (Å²) in [6.45, 7) is 7.70. The fraction of sp³-hybridized carbons (Fsp3) is 1.00. The molecule has 0 bridgehead atoms. The Morgan fingerprint density at radius 3 is 2.65 bits per heavy atom. The Kier molecular flexibility index (Phi) is 3.84. The Morgan fingerprint density at radius 1 is 1.35 bits per heavy atom. The van der Waals surface area contributed by atoms with Crippen LogP contribution in [-0.4, -0.2) is 23.4 Å². The second-order valence-electron chi connectivity index (χ2n) is 7.23. The first-order valence-electron chi connectivity index (χ1n) is 7.25. The summed E-state index contributed by atoms with van der Waals surface area (Å²) in [6, 6.07) is 0. The van der Waals surface area contributed by atoms with E-state index in [1.807, 2.05) is 0 Å². The van der Waals surface area contributed by atoms with Crippen molar-refractivity contribution in [2.45, 2.75) is 77.4 Å². The number of epoxide rings is 1. The van der Waals surface area contributed by atoms with Crippen molar-refractivity contribution in [3.05, 3.63) is 0 Å². The van der Waals surface area contributed by atoms with Gasteiger partial charge < -0.3 is 9.84 Å². The summed E-state index contributed by atoms with van der Waals surface area (Å²) >= 11 is 0. The maximum absolute atomic E-state index is 10.4. The Labute approximate surface area is 106 Å². The van der Waals surface area contributed by atoms with Crippen LogP contribution in [0.4, 0.5) is 0 Å². The predicted octanol–water partition coefficient (Wildman–Crippen LogP) is 3.52. The van der Waals surface area contributed by atoms with Gasteiger partial charge in [0, 0.05) is 5.92 Å². The molecule has 2 fully saturated rings. The molecular weight excluding hydrogens is 212 g/mol. The minimum atomic E-state index is -0.139. The summed E-state index contributed by atoms with van der Waals surface area (Å²) in [5.41, 5.74) is 0.486. The lowest BCUT2D eigenvalue weighted by Gasteiger charge is -2.33. The molecular formula is C15H28O2. The van der Waals surface area contributed by atoms with Crippen LogP contribution in [0.3, 0.4) is 0 Å². The van der Waals surface area contributed by atoms with Gasteiger partial charge >= 0.3 is 0 Å². The number of hydrogen-bond acceptors (Lipinski definition) is 2. The normalized spacial score (nSPS) is 34.9. The van der Waals surface area contributed by atoms with Gasteiger partial charge in [-0.2, -0.15) is 0 Å². The zero-order chi connectivity index (χ0) is 12.5. The van der Waals surface area contributed by atoms with Gasteiger partial charge in [-0.05, 0) is 31.1 Å². The molecule has 0 aromatic heterocycles. The van der Waals surface area contributed by atoms with Gasteiger partial charge in [-0.3, -0.25) is 0 Å². The summed E-state index contributed by atoms with van der Waals surface area (Å²) in [4.78, 5) is 0. The van der Waals surface area contributed by atoms with Crippen molar-refractivity contribution >= 4 is 0 Å². The smallest absolute Gasteiger partial charge is 0.0969 e. The molecule has 100 valence electrons. The van der Waals surface area contributed by atoms with Gasteiger partial charge in [0.15, 0.2) is 0 Å². The fourth-order valence-electron chi connectivity index (χ4n) is 3.27. The average molecular weight is 240 g/mol. The molecule has 0 aromatic carbocycles. The highest BCUT2D eigenvalue weighted by Crippen LogP contribution is 2.48. The topological polar surface area (TPSA) is 32.8 Å². The lowest BCUT2D eigenvalue weighted by atomic mass is 9.74. The van der Waals surface area contributed by atoms with Crippen LogP contribution in [0, 0.1) is 11.3 Å². The third-order valence-electron chi connectivity index (χ3n) is 4.45. The van der Waals surface area contributed by atoms with E-state index in [9.17, 15) is 5.11 Å². The maximum Gasteiger partial charge on any atom is 0.0969 e. The maximum atomic E-state index is 10.4. The van der Waals surface area contributed by atoms with Crippen molar-refractivity contribution in [1.29, 1.82) is 0 Å². The van der Waals surface area contributed by atoms with E-state index in [1.54, 1.807) is 0 Å². The molecule has 17 heavy (non-hydrogen) atoms. The summed E-state index contributed by atoms with van der Waals surface area (Å²) in [6.07, 6.45) is 8.04. The third-order valence-corrected chi connectivity index (χ3v) is 4.45. The van der Waals surface area contributed by atoms with Crippen LogP contribution in [0.15, 0.2) is 0 Å². The Hall–Kier alpha value is -0.0800. The SMILES string of the molecule is CC(C)(C)CCC[C@H](O)C1CCCC[C@]12CO2. The van der Waals surface area contributed by atoms with Gasteiger partial charge in [-0.25, -0.2) is 0 Å². The van der Waals surface area contributed by atoms with E-state index in [-0.39, 0.29) is 11.7 Å². The zero-order valence-electron chi connectivity index (χ0n) is 11.7. The minimum absolute atomic E-state index is 0.0966. The van der Waals surface area contributed by atoms with Crippen molar-refractivity contribution in [3.63, 3.8) is 0 Å². The van der Waals surface area contributed by atoms with Gasteiger partial charge in [0.2, 0.25) is 0 Å². The summed E-state index contributed by atoms with van der Waals surface area (Å²) < 4.78 is 5.66. The molecule has 1 saturated carbocycles. The highest BCUT2D eigenvalue weighted by atomic mass is 16.6. The zero-order valence-corrected chi connectivity index (χ0v) is 11.7. The molecule has 1 N–H and O–H groups in total. The summed E-state index contributed by atoms with van der Waals surface area (Å²) in [5.74, 6) is 0.413. The van der Waals surface area contributed by atoms with Gasteiger partial charge in [0.1, 0.15) is 0 Å². The van der Waals surface area contributed by atoms with E-state index in [2.05, 4.69) is 20.8 Å². The molecule has 0 amide bonds. The highest BCUT2D eigenvalue weighted by molar-refractivity contribution is 5.02. The second kappa shape index (κ2) is 4.89. The van der Waals surface area contributed by atoms with E-state index < -0.39 is 0 Å². The molecule has 2 aliphatic rings. The van der Waals surface area contributed by atoms with Crippen LogP contribution in [0.25, 0.3) is 0 Å². The molecule has 2 nitrogen and oxygen atoms in total. The number of ether oxygens (including phenoxy) is 1. The summed E-state index contributed by atoms with van der Waals surface area (Å²) in [5, 5.41) is 10.4. The van der Waals surface area contributed by atoms with E-state index in [0.29, 0.717) is 11.3 Å².